The van der Waals surface area contributed by atoms with Gasteiger partial charge in [-0.05, 0) is 19.4 Å². The van der Waals surface area contributed by atoms with Crippen molar-refractivity contribution in [1.82, 2.24) is 10.3 Å². The van der Waals surface area contributed by atoms with Crippen molar-refractivity contribution in [3.63, 3.8) is 0 Å². The van der Waals surface area contributed by atoms with Gasteiger partial charge in [0.1, 0.15) is 0 Å². The van der Waals surface area contributed by atoms with Gasteiger partial charge in [-0.2, -0.15) is 0 Å². The summed E-state index contributed by atoms with van der Waals surface area (Å²) in [5.41, 5.74) is 1.67. The first-order valence-electron chi connectivity index (χ1n) is 4.98. The van der Waals surface area contributed by atoms with Crippen LogP contribution in [0.3, 0.4) is 0 Å². The Labute approximate surface area is 93.7 Å². The van der Waals surface area contributed by atoms with E-state index in [2.05, 4.69) is 10.3 Å². The predicted molar refractivity (Wildman–Crippen MR) is 60.6 cm³/mol. The fourth-order valence-electron chi connectivity index (χ4n) is 1.76. The van der Waals surface area contributed by atoms with Crippen molar-refractivity contribution in [2.45, 2.75) is 23.8 Å². The Bertz CT molecular complexity index is 394. The van der Waals surface area contributed by atoms with Crippen LogP contribution in [0.2, 0.25) is 0 Å². The van der Waals surface area contributed by atoms with E-state index in [9.17, 15) is 8.42 Å². The smallest absolute Gasteiger partial charge is 0.159 e. The largest absolute Gasteiger partial charge is 0.315 e. The highest BCUT2D eigenvalue weighted by Crippen LogP contribution is 2.18. The second-order valence-electron chi connectivity index (χ2n) is 3.74. The number of hydrogen-bond donors (Lipinski definition) is 1. The summed E-state index contributed by atoms with van der Waals surface area (Å²) in [6.45, 7) is 1.54. The van der Waals surface area contributed by atoms with E-state index in [4.69, 9.17) is 0 Å². The molecule has 6 heteroatoms. The van der Waals surface area contributed by atoms with E-state index in [1.807, 2.05) is 0 Å². The molecule has 1 N–H and O–H groups in total. The van der Waals surface area contributed by atoms with Gasteiger partial charge in [0.25, 0.3) is 0 Å². The summed E-state index contributed by atoms with van der Waals surface area (Å²) in [7, 11) is -3.00. The molecule has 1 atom stereocenters. The lowest BCUT2D eigenvalue weighted by molar-refractivity contribution is 0.496. The number of hydrogen-bond acceptors (Lipinski definition) is 5. The molecule has 15 heavy (non-hydrogen) atoms. The highest BCUT2D eigenvalue weighted by atomic mass is 32.2. The van der Waals surface area contributed by atoms with Gasteiger partial charge in [-0.1, -0.05) is 0 Å². The molecule has 0 radical (unpaired) electrons. The lowest BCUT2D eigenvalue weighted by Gasteiger charge is -2.22. The fourth-order valence-corrected chi connectivity index (χ4v) is 4.50. The summed E-state index contributed by atoms with van der Waals surface area (Å²) in [6.07, 6.45) is 3.37. The lowest BCUT2D eigenvalue weighted by atomic mass is 10.2. The van der Waals surface area contributed by atoms with Crippen molar-refractivity contribution in [2.75, 3.05) is 13.1 Å². The molecule has 2 rings (SSSR count). The Morgan fingerprint density at radius 3 is 3.07 bits per heavy atom. The van der Waals surface area contributed by atoms with Crippen LogP contribution in [0.5, 0.6) is 0 Å². The van der Waals surface area contributed by atoms with E-state index in [0.29, 0.717) is 6.54 Å². The third-order valence-corrected chi connectivity index (χ3v) is 5.68. The molecule has 1 saturated heterocycles. The topological polar surface area (TPSA) is 59.1 Å². The van der Waals surface area contributed by atoms with Crippen LogP contribution in [0.25, 0.3) is 0 Å². The Morgan fingerprint density at radius 1 is 1.60 bits per heavy atom. The molecule has 0 bridgehead atoms. The number of nitrogens with zero attached hydrogens (tertiary/aromatic N) is 1. The first-order chi connectivity index (χ1) is 7.18. The van der Waals surface area contributed by atoms with Crippen LogP contribution in [0.15, 0.2) is 11.7 Å². The zero-order chi connectivity index (χ0) is 10.7. The second kappa shape index (κ2) is 4.59. The van der Waals surface area contributed by atoms with Crippen LogP contribution < -0.4 is 5.32 Å². The zero-order valence-electron chi connectivity index (χ0n) is 8.35. The number of nitrogens with one attached hydrogen (secondary N) is 1. The summed E-state index contributed by atoms with van der Waals surface area (Å²) < 4.78 is 24.0. The van der Waals surface area contributed by atoms with Crippen LogP contribution in [-0.4, -0.2) is 31.7 Å². The molecule has 0 saturated carbocycles. The van der Waals surface area contributed by atoms with Gasteiger partial charge in [-0.15, -0.1) is 11.3 Å². The molecule has 84 valence electrons. The molecule has 4 nitrogen and oxygen atoms in total. The van der Waals surface area contributed by atoms with Crippen molar-refractivity contribution in [3.05, 3.63) is 16.6 Å². The first-order valence-corrected chi connectivity index (χ1v) is 7.57. The standard InChI is InChI=1S/C9H14N2O2S2/c12-15(13,6-8-4-11-7-14-8)9-2-1-3-10-5-9/h4,7,9-10H,1-3,5-6H2/t9-/m0/s1. The molecular weight excluding hydrogens is 232 g/mol. The summed E-state index contributed by atoms with van der Waals surface area (Å²) in [5.74, 6) is 0.143. The molecule has 1 aliphatic rings. The van der Waals surface area contributed by atoms with Crippen LogP contribution in [0, 0.1) is 0 Å². The van der Waals surface area contributed by atoms with E-state index < -0.39 is 9.84 Å². The average Bonchev–Trinajstić information content (AvgIpc) is 2.71. The van der Waals surface area contributed by atoms with Crippen LogP contribution in [0.1, 0.15) is 17.7 Å². The van der Waals surface area contributed by atoms with Crippen molar-refractivity contribution in [2.24, 2.45) is 0 Å². The summed E-state index contributed by atoms with van der Waals surface area (Å²) in [5, 5.41) is 2.91. The Kier molecular flexibility index (Phi) is 3.38. The Balaban J connectivity index is 2.05. The molecule has 1 aliphatic heterocycles. The molecule has 0 amide bonds. The number of thiazole rings is 1. The van der Waals surface area contributed by atoms with Crippen LogP contribution in [-0.2, 0) is 15.6 Å². The minimum absolute atomic E-state index is 0.143. The average molecular weight is 246 g/mol. The third-order valence-electron chi connectivity index (χ3n) is 2.59. The number of rotatable bonds is 3. The monoisotopic (exact) mass is 246 g/mol. The van der Waals surface area contributed by atoms with E-state index >= 15 is 0 Å². The van der Waals surface area contributed by atoms with E-state index in [-0.39, 0.29) is 11.0 Å². The molecule has 2 heterocycles. The minimum atomic E-state index is -3.00. The first kappa shape index (κ1) is 11.0. The maximum Gasteiger partial charge on any atom is 0.159 e. The summed E-state index contributed by atoms with van der Waals surface area (Å²) in [4.78, 5) is 4.72. The van der Waals surface area contributed by atoms with Gasteiger partial charge in [-0.25, -0.2) is 8.42 Å². The van der Waals surface area contributed by atoms with Crippen molar-refractivity contribution in [3.8, 4) is 0 Å². The second-order valence-corrected chi connectivity index (χ2v) is 7.00. The van der Waals surface area contributed by atoms with Gasteiger partial charge in [0.15, 0.2) is 9.84 Å². The molecule has 1 aromatic rings. The fraction of sp³-hybridized carbons (Fsp3) is 0.667. The molecule has 0 aromatic carbocycles. The van der Waals surface area contributed by atoms with Crippen molar-refractivity contribution in [1.29, 1.82) is 0 Å². The molecule has 1 aromatic heterocycles. The van der Waals surface area contributed by atoms with E-state index in [0.717, 1.165) is 24.3 Å². The van der Waals surface area contributed by atoms with Crippen molar-refractivity contribution >= 4 is 21.2 Å². The molecular formula is C9H14N2O2S2. The number of aromatic nitrogens is 1. The predicted octanol–water partition coefficient (Wildman–Crippen LogP) is 0.810. The highest BCUT2D eigenvalue weighted by molar-refractivity contribution is 7.91. The van der Waals surface area contributed by atoms with Gasteiger partial charge < -0.3 is 5.32 Å². The number of sulfone groups is 1. The Morgan fingerprint density at radius 2 is 2.47 bits per heavy atom. The van der Waals surface area contributed by atoms with Gasteiger partial charge in [0, 0.05) is 17.6 Å². The van der Waals surface area contributed by atoms with E-state index in [1.54, 1.807) is 11.7 Å². The SMILES string of the molecule is O=S(=O)(Cc1cncs1)[C@H]1CCCNC1. The highest BCUT2D eigenvalue weighted by Gasteiger charge is 2.27. The lowest BCUT2D eigenvalue weighted by Crippen LogP contribution is -2.39. The van der Waals surface area contributed by atoms with Crippen molar-refractivity contribution < 1.29 is 8.42 Å². The quantitative estimate of drug-likeness (QED) is 0.857. The minimum Gasteiger partial charge on any atom is -0.315 e. The molecule has 0 spiro atoms. The Hall–Kier alpha value is -0.460. The maximum absolute atomic E-state index is 12.0. The molecule has 0 aliphatic carbocycles. The third kappa shape index (κ3) is 2.76. The van der Waals surface area contributed by atoms with Crippen LogP contribution in [0.4, 0.5) is 0 Å². The summed E-state index contributed by atoms with van der Waals surface area (Å²) in [6, 6.07) is 0. The normalized spacial score (nSPS) is 22.8. The van der Waals surface area contributed by atoms with Gasteiger partial charge >= 0.3 is 0 Å². The van der Waals surface area contributed by atoms with E-state index in [1.165, 1.54) is 11.3 Å². The maximum atomic E-state index is 12.0. The summed E-state index contributed by atoms with van der Waals surface area (Å²) >= 11 is 1.40. The number of piperidine rings is 1. The zero-order valence-corrected chi connectivity index (χ0v) is 9.98. The van der Waals surface area contributed by atoms with Crippen LogP contribution >= 0.6 is 11.3 Å². The molecule has 1 fully saturated rings. The van der Waals surface area contributed by atoms with Gasteiger partial charge in [0.05, 0.1) is 16.5 Å². The van der Waals surface area contributed by atoms with Gasteiger partial charge in [-0.3, -0.25) is 4.98 Å². The van der Waals surface area contributed by atoms with Gasteiger partial charge in [0.2, 0.25) is 0 Å². The molecule has 0 unspecified atom stereocenters.